The topological polar surface area (TPSA) is 102 Å². The number of aromatic nitrogens is 6. The predicted octanol–water partition coefficient (Wildman–Crippen LogP) is 3.99. The molecule has 0 spiro atoms. The smallest absolute Gasteiger partial charge is 0.230 e. The maximum absolute atomic E-state index is 6.15. The van der Waals surface area contributed by atoms with Crippen molar-refractivity contribution in [1.82, 2.24) is 29.1 Å². The largest absolute Gasteiger partial charge is 0.350 e. The molecule has 1 aromatic carbocycles. The van der Waals surface area contributed by atoms with Crippen LogP contribution in [0.3, 0.4) is 0 Å². The SMILES string of the molecule is CC(C)c1cnn2c(NCc3ccccc3-c3cn4c(n3)CCCC4)nc(N3CCC(N)CC3)nc12. The number of nitrogens with zero attached hydrogens (tertiary/aromatic N) is 7. The minimum absolute atomic E-state index is 0.258. The van der Waals surface area contributed by atoms with Gasteiger partial charge in [0.15, 0.2) is 5.65 Å². The lowest BCUT2D eigenvalue weighted by Crippen LogP contribution is -2.40. The molecule has 2 aliphatic rings. The lowest BCUT2D eigenvalue weighted by Gasteiger charge is -2.30. The van der Waals surface area contributed by atoms with Gasteiger partial charge in [-0.15, -0.1) is 0 Å². The molecule has 0 amide bonds. The van der Waals surface area contributed by atoms with Crippen LogP contribution in [0.25, 0.3) is 16.9 Å². The molecule has 0 aliphatic carbocycles. The molecular formula is C27H35N9. The second kappa shape index (κ2) is 9.54. The number of fused-ring (bicyclic) bond motifs is 2. The van der Waals surface area contributed by atoms with Crippen molar-refractivity contribution in [2.45, 2.75) is 71.0 Å². The number of aryl methyl sites for hydroxylation is 2. The van der Waals surface area contributed by atoms with Crippen LogP contribution in [-0.4, -0.2) is 48.3 Å². The van der Waals surface area contributed by atoms with E-state index >= 15 is 0 Å². The summed E-state index contributed by atoms with van der Waals surface area (Å²) in [5, 5.41) is 8.23. The van der Waals surface area contributed by atoms with Crippen LogP contribution in [-0.2, 0) is 19.5 Å². The Bertz CT molecular complexity index is 1340. The predicted molar refractivity (Wildman–Crippen MR) is 142 cm³/mol. The number of nitrogens with two attached hydrogens (primary N) is 1. The second-order valence-corrected chi connectivity index (χ2v) is 10.4. The third-order valence-corrected chi connectivity index (χ3v) is 7.47. The summed E-state index contributed by atoms with van der Waals surface area (Å²) in [6.07, 6.45) is 9.53. The van der Waals surface area contributed by atoms with Gasteiger partial charge in [-0.3, -0.25) is 0 Å². The van der Waals surface area contributed by atoms with Gasteiger partial charge in [0.05, 0.1) is 11.9 Å². The summed E-state index contributed by atoms with van der Waals surface area (Å²) in [6, 6.07) is 8.75. The lowest BCUT2D eigenvalue weighted by molar-refractivity contribution is 0.495. The number of benzene rings is 1. The second-order valence-electron chi connectivity index (χ2n) is 10.4. The maximum atomic E-state index is 6.15. The number of piperidine rings is 1. The van der Waals surface area contributed by atoms with E-state index in [4.69, 9.17) is 20.7 Å². The summed E-state index contributed by atoms with van der Waals surface area (Å²) in [4.78, 5) is 17.1. The third kappa shape index (κ3) is 4.32. The van der Waals surface area contributed by atoms with E-state index in [1.807, 2.05) is 10.7 Å². The van der Waals surface area contributed by atoms with Crippen molar-refractivity contribution in [3.63, 3.8) is 0 Å². The van der Waals surface area contributed by atoms with Gasteiger partial charge in [0.1, 0.15) is 5.82 Å². The zero-order valence-corrected chi connectivity index (χ0v) is 21.2. The monoisotopic (exact) mass is 485 g/mol. The minimum Gasteiger partial charge on any atom is -0.350 e. The van der Waals surface area contributed by atoms with E-state index in [-0.39, 0.29) is 6.04 Å². The van der Waals surface area contributed by atoms with E-state index in [1.165, 1.54) is 24.2 Å². The van der Waals surface area contributed by atoms with E-state index in [0.717, 1.165) is 67.3 Å². The van der Waals surface area contributed by atoms with Crippen molar-refractivity contribution in [2.75, 3.05) is 23.3 Å². The number of rotatable bonds is 6. The molecule has 6 rings (SSSR count). The van der Waals surface area contributed by atoms with Gasteiger partial charge in [-0.1, -0.05) is 38.1 Å². The number of hydrogen-bond donors (Lipinski definition) is 2. The van der Waals surface area contributed by atoms with Crippen molar-refractivity contribution in [1.29, 1.82) is 0 Å². The summed E-state index contributed by atoms with van der Waals surface area (Å²) in [7, 11) is 0. The average Bonchev–Trinajstić information content (AvgIpc) is 3.52. The Kier molecular flexibility index (Phi) is 6.08. The van der Waals surface area contributed by atoms with Crippen LogP contribution >= 0.6 is 0 Å². The van der Waals surface area contributed by atoms with Crippen LogP contribution in [0.5, 0.6) is 0 Å². The number of hydrogen-bond acceptors (Lipinski definition) is 7. The van der Waals surface area contributed by atoms with Gasteiger partial charge in [0.2, 0.25) is 11.9 Å². The summed E-state index contributed by atoms with van der Waals surface area (Å²) in [6.45, 7) is 7.76. The van der Waals surface area contributed by atoms with E-state index in [1.54, 1.807) is 0 Å². The van der Waals surface area contributed by atoms with Gasteiger partial charge >= 0.3 is 0 Å². The Morgan fingerprint density at radius 1 is 1.06 bits per heavy atom. The highest BCUT2D eigenvalue weighted by molar-refractivity contribution is 5.64. The first-order chi connectivity index (χ1) is 17.6. The molecule has 0 atom stereocenters. The molecule has 0 radical (unpaired) electrons. The zero-order valence-electron chi connectivity index (χ0n) is 21.2. The lowest BCUT2D eigenvalue weighted by atomic mass is 10.1. The number of imidazole rings is 1. The first-order valence-electron chi connectivity index (χ1n) is 13.2. The van der Waals surface area contributed by atoms with Crippen LogP contribution in [0, 0.1) is 0 Å². The Hall–Kier alpha value is -3.46. The van der Waals surface area contributed by atoms with Gasteiger partial charge in [-0.25, -0.2) is 4.98 Å². The Balaban J connectivity index is 1.33. The van der Waals surface area contributed by atoms with Crippen LogP contribution in [0.2, 0.25) is 0 Å². The summed E-state index contributed by atoms with van der Waals surface area (Å²) >= 11 is 0. The van der Waals surface area contributed by atoms with Crippen molar-refractivity contribution in [3.05, 3.63) is 53.6 Å². The first kappa shape index (κ1) is 23.0. The molecule has 0 unspecified atom stereocenters. The van der Waals surface area contributed by atoms with Crippen LogP contribution in [0.15, 0.2) is 36.7 Å². The van der Waals surface area contributed by atoms with Gasteiger partial charge < -0.3 is 20.5 Å². The van der Waals surface area contributed by atoms with Gasteiger partial charge in [-0.05, 0) is 37.2 Å². The molecule has 0 bridgehead atoms. The molecular weight excluding hydrogens is 450 g/mol. The highest BCUT2D eigenvalue weighted by Crippen LogP contribution is 2.28. The van der Waals surface area contributed by atoms with Crippen LogP contribution in [0.1, 0.15) is 62.4 Å². The molecule has 9 nitrogen and oxygen atoms in total. The highest BCUT2D eigenvalue weighted by atomic mass is 15.4. The van der Waals surface area contributed by atoms with Gasteiger partial charge in [-0.2, -0.15) is 19.6 Å². The fourth-order valence-corrected chi connectivity index (χ4v) is 5.29. The average molecular weight is 486 g/mol. The molecule has 4 aromatic rings. The van der Waals surface area contributed by atoms with Crippen LogP contribution < -0.4 is 16.0 Å². The normalized spacial score (nSPS) is 16.6. The van der Waals surface area contributed by atoms with Crippen molar-refractivity contribution in [3.8, 4) is 11.3 Å². The highest BCUT2D eigenvalue weighted by Gasteiger charge is 2.22. The summed E-state index contributed by atoms with van der Waals surface area (Å²) < 4.78 is 4.15. The Morgan fingerprint density at radius 3 is 2.69 bits per heavy atom. The van der Waals surface area contributed by atoms with Crippen LogP contribution in [0.4, 0.5) is 11.9 Å². The van der Waals surface area contributed by atoms with Crippen molar-refractivity contribution in [2.24, 2.45) is 5.73 Å². The molecule has 0 saturated carbocycles. The molecule has 3 aromatic heterocycles. The van der Waals surface area contributed by atoms with Gasteiger partial charge in [0.25, 0.3) is 0 Å². The summed E-state index contributed by atoms with van der Waals surface area (Å²) in [5.41, 5.74) is 11.5. The van der Waals surface area contributed by atoms with E-state index in [0.29, 0.717) is 18.4 Å². The number of nitrogens with one attached hydrogen (secondary N) is 1. The quantitative estimate of drug-likeness (QED) is 0.426. The molecule has 36 heavy (non-hydrogen) atoms. The fraction of sp³-hybridized carbons (Fsp3) is 0.481. The Morgan fingerprint density at radius 2 is 1.89 bits per heavy atom. The molecule has 2 aliphatic heterocycles. The first-order valence-corrected chi connectivity index (χ1v) is 13.2. The number of anilines is 2. The molecule has 188 valence electrons. The van der Waals surface area contributed by atoms with E-state index in [9.17, 15) is 0 Å². The molecule has 1 fully saturated rings. The Labute approximate surface area is 211 Å². The van der Waals surface area contributed by atoms with E-state index < -0.39 is 0 Å². The fourth-order valence-electron chi connectivity index (χ4n) is 5.29. The van der Waals surface area contributed by atoms with Gasteiger partial charge in [0, 0.05) is 56.0 Å². The van der Waals surface area contributed by atoms with Crippen molar-refractivity contribution >= 4 is 17.5 Å². The molecule has 3 N–H and O–H groups in total. The molecule has 5 heterocycles. The summed E-state index contributed by atoms with van der Waals surface area (Å²) in [5.74, 6) is 2.96. The minimum atomic E-state index is 0.258. The zero-order chi connectivity index (χ0) is 24.6. The standard InChI is InChI=1S/C27H35N9/c1-18(2)22-16-30-36-25(22)32-27(34-13-10-20(28)11-14-34)33-26(36)29-15-19-7-3-4-8-21(19)23-17-35-12-6-5-9-24(35)31-23/h3-4,7-8,16-18,20H,5-6,9-15,28H2,1-2H3,(H,29,32,33). The van der Waals surface area contributed by atoms with E-state index in [2.05, 4.69) is 64.2 Å². The maximum Gasteiger partial charge on any atom is 0.230 e. The van der Waals surface area contributed by atoms with Crippen molar-refractivity contribution < 1.29 is 0 Å². The molecule has 9 heteroatoms. The molecule has 1 saturated heterocycles. The third-order valence-electron chi connectivity index (χ3n) is 7.47.